The lowest BCUT2D eigenvalue weighted by Gasteiger charge is -2.30. The number of fused-ring (bicyclic) bond motifs is 1. The predicted molar refractivity (Wildman–Crippen MR) is 165 cm³/mol. The fourth-order valence-corrected chi connectivity index (χ4v) is 6.81. The fraction of sp³-hybridized carbons (Fsp3) is 0.545. The maximum atomic E-state index is 14.0. The van der Waals surface area contributed by atoms with Crippen LogP contribution in [0.2, 0.25) is 0 Å². The van der Waals surface area contributed by atoms with Crippen LogP contribution >= 0.6 is 0 Å². The third-order valence-corrected chi connectivity index (χ3v) is 9.07. The summed E-state index contributed by atoms with van der Waals surface area (Å²) in [5, 5.41) is 10.6. The number of amides is 2. The zero-order chi connectivity index (χ0) is 31.2. The molecule has 0 bridgehead atoms. The average molecular weight is 609 g/mol. The maximum absolute atomic E-state index is 14.0. The molecule has 5 rings (SSSR count). The van der Waals surface area contributed by atoms with Crippen LogP contribution < -0.4 is 24.8 Å². The Morgan fingerprint density at radius 2 is 2.02 bits per heavy atom. The molecule has 2 aromatic carbocycles. The van der Waals surface area contributed by atoms with Gasteiger partial charge in [-0.15, -0.1) is 0 Å². The molecule has 3 N–H and O–H groups in total. The molecule has 3 aliphatic rings. The first-order chi connectivity index (χ1) is 21.3. The number of rotatable bonds is 14. The van der Waals surface area contributed by atoms with Crippen LogP contribution in [0.4, 0.5) is 5.69 Å². The van der Waals surface area contributed by atoms with E-state index < -0.39 is 23.8 Å². The molecule has 0 aliphatic carbocycles. The highest BCUT2D eigenvalue weighted by atomic mass is 16.7. The van der Waals surface area contributed by atoms with Crippen molar-refractivity contribution in [2.45, 2.75) is 64.0 Å². The number of methoxy groups -OCH3 is 1. The molecule has 0 radical (unpaired) electrons. The first-order valence-corrected chi connectivity index (χ1v) is 15.7. The van der Waals surface area contributed by atoms with E-state index in [1.165, 1.54) is 0 Å². The molecule has 3 aliphatic heterocycles. The number of carboxylic acid groups (broad SMARTS) is 1. The third-order valence-electron chi connectivity index (χ3n) is 9.07. The Morgan fingerprint density at radius 1 is 1.18 bits per heavy atom. The number of carbonyl (C=O) groups excluding carboxylic acids is 2. The van der Waals surface area contributed by atoms with E-state index in [0.29, 0.717) is 62.7 Å². The van der Waals surface area contributed by atoms with Gasteiger partial charge in [-0.3, -0.25) is 19.3 Å². The monoisotopic (exact) mass is 608 g/mol. The molecule has 238 valence electrons. The van der Waals surface area contributed by atoms with Gasteiger partial charge in [-0.2, -0.15) is 0 Å². The number of likely N-dealkylation sites (tertiary alicyclic amines) is 2. The van der Waals surface area contributed by atoms with Crippen molar-refractivity contribution in [3.8, 4) is 17.2 Å². The lowest BCUT2D eigenvalue weighted by atomic mass is 9.83. The number of benzene rings is 2. The van der Waals surface area contributed by atoms with Crippen molar-refractivity contribution in [1.82, 2.24) is 9.80 Å². The standard InChI is InChI=1S/C33H44N4O7/c1-3-4-14-37(24-9-5-8-22(15-24)18-34)30(39)20-36-19-25(23-16-27(42-2)32-28(17-23)43-21-44-32)31(33(40)41)26(36)10-6-12-35-13-7-11-29(35)38/h5,8-9,15-17,25-26,31H,3-4,6-7,10-14,18-21,34H2,1-2H3,(H,40,41)/t25-,26+,31?/m1/s1. The molecule has 3 atom stereocenters. The second kappa shape index (κ2) is 14.3. The molecular formula is C33H44N4O7. The van der Waals surface area contributed by atoms with E-state index in [9.17, 15) is 19.5 Å². The van der Waals surface area contributed by atoms with Crippen molar-refractivity contribution in [3.05, 3.63) is 47.5 Å². The Hall–Kier alpha value is -3.83. The summed E-state index contributed by atoms with van der Waals surface area (Å²) in [6.45, 7) is 4.86. The molecule has 2 saturated heterocycles. The molecule has 1 unspecified atom stereocenters. The van der Waals surface area contributed by atoms with Crippen LogP contribution in [0.3, 0.4) is 0 Å². The Labute approximate surface area is 258 Å². The molecule has 44 heavy (non-hydrogen) atoms. The fourth-order valence-electron chi connectivity index (χ4n) is 6.81. The highest BCUT2D eigenvalue weighted by Crippen LogP contribution is 2.47. The Bertz CT molecular complexity index is 1350. The maximum Gasteiger partial charge on any atom is 0.308 e. The first kappa shape index (κ1) is 31.6. The Balaban J connectivity index is 1.44. The largest absolute Gasteiger partial charge is 0.493 e. The summed E-state index contributed by atoms with van der Waals surface area (Å²) in [6.07, 6.45) is 4.38. The number of aliphatic carboxylic acids is 1. The number of anilines is 1. The SMILES string of the molecule is CCCCN(C(=O)CN1C[C@H](c2cc(OC)c3c(c2)OCO3)C(C(=O)O)[C@@H]1CCCN1CCCC1=O)c1cccc(CN)c1. The van der Waals surface area contributed by atoms with Crippen molar-refractivity contribution in [2.75, 3.05) is 51.5 Å². The van der Waals surface area contributed by atoms with Crippen LogP contribution in [-0.2, 0) is 20.9 Å². The molecule has 11 heteroatoms. The van der Waals surface area contributed by atoms with Gasteiger partial charge in [0.15, 0.2) is 11.5 Å². The van der Waals surface area contributed by atoms with Gasteiger partial charge in [0, 0.05) is 56.8 Å². The van der Waals surface area contributed by atoms with Crippen LogP contribution in [0.15, 0.2) is 36.4 Å². The number of carbonyl (C=O) groups is 3. The van der Waals surface area contributed by atoms with Gasteiger partial charge in [-0.1, -0.05) is 25.5 Å². The van der Waals surface area contributed by atoms with Gasteiger partial charge in [0.05, 0.1) is 19.6 Å². The van der Waals surface area contributed by atoms with Crippen molar-refractivity contribution < 1.29 is 33.7 Å². The topological polar surface area (TPSA) is 135 Å². The lowest BCUT2D eigenvalue weighted by molar-refractivity contribution is -0.143. The molecule has 0 spiro atoms. The molecule has 2 fully saturated rings. The normalized spacial score (nSPS) is 21.2. The second-order valence-corrected chi connectivity index (χ2v) is 11.8. The highest BCUT2D eigenvalue weighted by molar-refractivity contribution is 5.95. The van der Waals surface area contributed by atoms with Crippen molar-refractivity contribution in [1.29, 1.82) is 0 Å². The Kier molecular flexibility index (Phi) is 10.3. The number of hydrogen-bond acceptors (Lipinski definition) is 8. The van der Waals surface area contributed by atoms with E-state index in [1.54, 1.807) is 12.0 Å². The van der Waals surface area contributed by atoms with Crippen molar-refractivity contribution in [3.63, 3.8) is 0 Å². The zero-order valence-electron chi connectivity index (χ0n) is 25.7. The van der Waals surface area contributed by atoms with Gasteiger partial charge in [-0.25, -0.2) is 0 Å². The van der Waals surface area contributed by atoms with Gasteiger partial charge >= 0.3 is 5.97 Å². The van der Waals surface area contributed by atoms with Gasteiger partial charge in [0.25, 0.3) is 0 Å². The number of ether oxygens (including phenoxy) is 3. The Morgan fingerprint density at radius 3 is 2.73 bits per heavy atom. The summed E-state index contributed by atoms with van der Waals surface area (Å²) >= 11 is 0. The number of nitrogens with two attached hydrogens (primary N) is 1. The molecular weight excluding hydrogens is 564 g/mol. The number of hydrogen-bond donors (Lipinski definition) is 2. The smallest absolute Gasteiger partial charge is 0.308 e. The van der Waals surface area contributed by atoms with E-state index in [0.717, 1.165) is 42.6 Å². The number of carboxylic acids is 1. The van der Waals surface area contributed by atoms with Crippen molar-refractivity contribution in [2.24, 2.45) is 11.7 Å². The van der Waals surface area contributed by atoms with E-state index in [4.69, 9.17) is 19.9 Å². The summed E-state index contributed by atoms with van der Waals surface area (Å²) in [5.41, 5.74) is 8.40. The van der Waals surface area contributed by atoms with Gasteiger partial charge in [-0.05, 0) is 61.1 Å². The predicted octanol–water partition coefficient (Wildman–Crippen LogP) is 3.59. The second-order valence-electron chi connectivity index (χ2n) is 11.8. The highest BCUT2D eigenvalue weighted by Gasteiger charge is 2.47. The van der Waals surface area contributed by atoms with E-state index >= 15 is 0 Å². The molecule has 2 amide bonds. The van der Waals surface area contributed by atoms with Gasteiger partial charge in [0.1, 0.15) is 0 Å². The van der Waals surface area contributed by atoms with Crippen LogP contribution in [0.5, 0.6) is 17.2 Å². The molecule has 0 aromatic heterocycles. The summed E-state index contributed by atoms with van der Waals surface area (Å²) in [4.78, 5) is 44.9. The van der Waals surface area contributed by atoms with E-state index in [-0.39, 0.29) is 25.2 Å². The zero-order valence-corrected chi connectivity index (χ0v) is 25.7. The number of nitrogens with zero attached hydrogens (tertiary/aromatic N) is 3. The van der Waals surface area contributed by atoms with Gasteiger partial charge < -0.3 is 34.9 Å². The molecule has 2 aromatic rings. The first-order valence-electron chi connectivity index (χ1n) is 15.7. The molecule has 3 heterocycles. The van der Waals surface area contributed by atoms with Crippen LogP contribution in [-0.4, -0.2) is 85.4 Å². The third kappa shape index (κ3) is 6.78. The van der Waals surface area contributed by atoms with Crippen LogP contribution in [0.25, 0.3) is 0 Å². The molecule has 11 nitrogen and oxygen atoms in total. The summed E-state index contributed by atoms with van der Waals surface area (Å²) in [6, 6.07) is 11.0. The van der Waals surface area contributed by atoms with Gasteiger partial charge in [0.2, 0.25) is 24.4 Å². The quantitative estimate of drug-likeness (QED) is 0.330. The summed E-state index contributed by atoms with van der Waals surface area (Å²) < 4.78 is 16.8. The van der Waals surface area contributed by atoms with Crippen LogP contribution in [0, 0.1) is 5.92 Å². The van der Waals surface area contributed by atoms with E-state index in [2.05, 4.69) is 6.92 Å². The summed E-state index contributed by atoms with van der Waals surface area (Å²) in [5.74, 6) is -0.515. The summed E-state index contributed by atoms with van der Waals surface area (Å²) in [7, 11) is 1.54. The minimum Gasteiger partial charge on any atom is -0.493 e. The molecule has 0 saturated carbocycles. The number of unbranched alkanes of at least 4 members (excludes halogenated alkanes) is 1. The van der Waals surface area contributed by atoms with Crippen LogP contribution in [0.1, 0.15) is 62.5 Å². The average Bonchev–Trinajstić information content (AvgIpc) is 3.76. The lowest BCUT2D eigenvalue weighted by Crippen LogP contribution is -2.45. The minimum atomic E-state index is -0.915. The minimum absolute atomic E-state index is 0.0690. The van der Waals surface area contributed by atoms with Crippen molar-refractivity contribution >= 4 is 23.5 Å². The van der Waals surface area contributed by atoms with E-state index in [1.807, 2.05) is 46.2 Å².